The number of rotatable bonds is 4. The van der Waals surface area contributed by atoms with Gasteiger partial charge in [0.2, 0.25) is 0 Å². The number of nitrogens with zero attached hydrogens (tertiary/aromatic N) is 1. The van der Waals surface area contributed by atoms with Crippen molar-refractivity contribution in [2.75, 3.05) is 44.3 Å². The van der Waals surface area contributed by atoms with E-state index in [2.05, 4.69) is 4.90 Å². The van der Waals surface area contributed by atoms with Gasteiger partial charge in [-0.2, -0.15) is 0 Å². The highest BCUT2D eigenvalue weighted by atomic mass is 32.2. The number of hydrogen-bond acceptors (Lipinski definition) is 4. The molecule has 0 aromatic heterocycles. The molecular weight excluding hydrogens is 255 g/mol. The van der Waals surface area contributed by atoms with Gasteiger partial charge < -0.3 is 10.5 Å². The number of halogens is 1. The number of morpholine rings is 1. The van der Waals surface area contributed by atoms with E-state index in [1.165, 1.54) is 18.2 Å². The molecule has 1 aliphatic heterocycles. The Morgan fingerprint density at radius 2 is 2.11 bits per heavy atom. The van der Waals surface area contributed by atoms with Crippen LogP contribution >= 0.6 is 0 Å². The van der Waals surface area contributed by atoms with Crippen LogP contribution in [0.3, 0.4) is 0 Å². The third-order valence-electron chi connectivity index (χ3n) is 2.91. The number of anilines is 1. The van der Waals surface area contributed by atoms with E-state index in [0.717, 1.165) is 32.8 Å². The highest BCUT2D eigenvalue weighted by Gasteiger charge is 2.13. The summed E-state index contributed by atoms with van der Waals surface area (Å²) in [5.41, 5.74) is 5.92. The van der Waals surface area contributed by atoms with E-state index in [1.807, 2.05) is 0 Å². The summed E-state index contributed by atoms with van der Waals surface area (Å²) in [6.45, 7) is 3.94. The van der Waals surface area contributed by atoms with Gasteiger partial charge in [-0.3, -0.25) is 9.11 Å². The predicted octanol–water partition coefficient (Wildman–Crippen LogP) is 0.848. The molecule has 2 rings (SSSR count). The molecule has 6 heteroatoms. The summed E-state index contributed by atoms with van der Waals surface area (Å²) in [6.07, 6.45) is 0. The first-order chi connectivity index (χ1) is 8.66. The molecule has 1 heterocycles. The first-order valence-corrected chi connectivity index (χ1v) is 7.22. The molecule has 18 heavy (non-hydrogen) atoms. The molecule has 4 nitrogen and oxygen atoms in total. The average Bonchev–Trinajstić information content (AvgIpc) is 2.37. The SMILES string of the molecule is Nc1cc(F)ccc1S(=O)CCN1CCOCC1. The zero-order valence-corrected chi connectivity index (χ0v) is 10.9. The number of nitrogens with two attached hydrogens (primary N) is 1. The second-order valence-corrected chi connectivity index (χ2v) is 5.72. The van der Waals surface area contributed by atoms with Crippen molar-refractivity contribution in [1.29, 1.82) is 0 Å². The molecule has 1 aromatic rings. The minimum atomic E-state index is -1.18. The lowest BCUT2D eigenvalue weighted by molar-refractivity contribution is 0.0409. The predicted molar refractivity (Wildman–Crippen MR) is 69.3 cm³/mol. The number of ether oxygens (including phenoxy) is 1. The molecule has 2 N–H and O–H groups in total. The van der Waals surface area contributed by atoms with Crippen LogP contribution in [0.15, 0.2) is 23.1 Å². The molecule has 1 aliphatic rings. The van der Waals surface area contributed by atoms with Crippen LogP contribution in [0.1, 0.15) is 0 Å². The van der Waals surface area contributed by atoms with Crippen molar-refractivity contribution < 1.29 is 13.3 Å². The number of hydrogen-bond donors (Lipinski definition) is 1. The number of benzene rings is 1. The van der Waals surface area contributed by atoms with Crippen LogP contribution in [-0.2, 0) is 15.5 Å². The fraction of sp³-hybridized carbons (Fsp3) is 0.500. The molecule has 1 unspecified atom stereocenters. The van der Waals surface area contributed by atoms with Gasteiger partial charge in [-0.1, -0.05) is 0 Å². The summed E-state index contributed by atoms with van der Waals surface area (Å²) in [7, 11) is -1.18. The highest BCUT2D eigenvalue weighted by molar-refractivity contribution is 7.85. The van der Waals surface area contributed by atoms with Crippen molar-refractivity contribution in [3.63, 3.8) is 0 Å². The normalized spacial score (nSPS) is 18.7. The monoisotopic (exact) mass is 272 g/mol. The summed E-state index contributed by atoms with van der Waals surface area (Å²) < 4.78 is 30.2. The van der Waals surface area contributed by atoms with Crippen molar-refractivity contribution in [3.05, 3.63) is 24.0 Å². The third-order valence-corrected chi connectivity index (χ3v) is 4.33. The maximum Gasteiger partial charge on any atom is 0.125 e. The first-order valence-electron chi connectivity index (χ1n) is 5.90. The third kappa shape index (κ3) is 3.51. The Morgan fingerprint density at radius 3 is 2.78 bits per heavy atom. The summed E-state index contributed by atoms with van der Waals surface area (Å²) in [6, 6.07) is 4.00. The lowest BCUT2D eigenvalue weighted by atomic mass is 10.3. The Bertz CT molecular complexity index is 436. The van der Waals surface area contributed by atoms with Crippen LogP contribution in [0.5, 0.6) is 0 Å². The molecule has 0 radical (unpaired) electrons. The van der Waals surface area contributed by atoms with Gasteiger partial charge in [-0.15, -0.1) is 0 Å². The maximum atomic E-state index is 12.9. The van der Waals surface area contributed by atoms with Gasteiger partial charge in [0.05, 0.1) is 34.6 Å². The fourth-order valence-electron chi connectivity index (χ4n) is 1.87. The van der Waals surface area contributed by atoms with Crippen molar-refractivity contribution in [2.45, 2.75) is 4.90 Å². The van der Waals surface area contributed by atoms with Crippen molar-refractivity contribution in [2.24, 2.45) is 0 Å². The van der Waals surface area contributed by atoms with Crippen LogP contribution in [0, 0.1) is 5.82 Å². The molecule has 1 saturated heterocycles. The molecule has 0 spiro atoms. The van der Waals surface area contributed by atoms with Gasteiger partial charge in [0.25, 0.3) is 0 Å². The topological polar surface area (TPSA) is 55.6 Å². The molecule has 1 fully saturated rings. The minimum absolute atomic E-state index is 0.260. The zero-order valence-electron chi connectivity index (χ0n) is 10.1. The summed E-state index contributed by atoms with van der Waals surface area (Å²) in [5.74, 6) is 0.108. The molecule has 1 aromatic carbocycles. The standard InChI is InChI=1S/C12H17FN2O2S/c13-10-1-2-12(11(14)9-10)18(16)8-5-15-3-6-17-7-4-15/h1-2,9H,3-8,14H2. The molecule has 0 amide bonds. The summed E-state index contributed by atoms with van der Waals surface area (Å²) in [4.78, 5) is 2.73. The summed E-state index contributed by atoms with van der Waals surface area (Å²) >= 11 is 0. The quantitative estimate of drug-likeness (QED) is 0.826. The molecule has 0 bridgehead atoms. The fourth-order valence-corrected chi connectivity index (χ4v) is 3.06. The lowest BCUT2D eigenvalue weighted by Crippen LogP contribution is -2.38. The van der Waals surface area contributed by atoms with Crippen molar-refractivity contribution in [1.82, 2.24) is 4.90 Å². The second kappa shape index (κ2) is 6.26. The molecule has 100 valence electrons. The van der Waals surface area contributed by atoms with Gasteiger partial charge in [0.1, 0.15) is 5.82 Å². The Kier molecular flexibility index (Phi) is 4.68. The van der Waals surface area contributed by atoms with Gasteiger partial charge in [0.15, 0.2) is 0 Å². The van der Waals surface area contributed by atoms with Crippen LogP contribution in [-0.4, -0.2) is 47.7 Å². The molecule has 0 aliphatic carbocycles. The van der Waals surface area contributed by atoms with E-state index in [0.29, 0.717) is 10.6 Å². The van der Waals surface area contributed by atoms with Crippen LogP contribution in [0.25, 0.3) is 0 Å². The minimum Gasteiger partial charge on any atom is -0.398 e. The van der Waals surface area contributed by atoms with E-state index in [9.17, 15) is 8.60 Å². The van der Waals surface area contributed by atoms with Crippen molar-refractivity contribution >= 4 is 16.5 Å². The first kappa shape index (κ1) is 13.5. The Labute approximate surface area is 108 Å². The van der Waals surface area contributed by atoms with E-state index in [1.54, 1.807) is 0 Å². The van der Waals surface area contributed by atoms with E-state index >= 15 is 0 Å². The maximum absolute atomic E-state index is 12.9. The zero-order chi connectivity index (χ0) is 13.0. The van der Waals surface area contributed by atoms with E-state index in [-0.39, 0.29) is 5.69 Å². The molecule has 1 atom stereocenters. The average molecular weight is 272 g/mol. The highest BCUT2D eigenvalue weighted by Crippen LogP contribution is 2.17. The number of nitrogen functional groups attached to an aromatic ring is 1. The van der Waals surface area contributed by atoms with Gasteiger partial charge in [0, 0.05) is 25.4 Å². The molecule has 0 saturated carbocycles. The molecular formula is C12H17FN2O2S. The largest absolute Gasteiger partial charge is 0.398 e. The van der Waals surface area contributed by atoms with Crippen LogP contribution in [0.4, 0.5) is 10.1 Å². The van der Waals surface area contributed by atoms with E-state index in [4.69, 9.17) is 10.5 Å². The Hall–Kier alpha value is -0.980. The van der Waals surface area contributed by atoms with Crippen LogP contribution < -0.4 is 5.73 Å². The van der Waals surface area contributed by atoms with Crippen LogP contribution in [0.2, 0.25) is 0 Å². The van der Waals surface area contributed by atoms with Gasteiger partial charge in [-0.05, 0) is 18.2 Å². The van der Waals surface area contributed by atoms with Gasteiger partial charge >= 0.3 is 0 Å². The van der Waals surface area contributed by atoms with E-state index < -0.39 is 16.6 Å². The van der Waals surface area contributed by atoms with Gasteiger partial charge in [-0.25, -0.2) is 4.39 Å². The lowest BCUT2D eigenvalue weighted by Gasteiger charge is -2.26. The Balaban J connectivity index is 1.90. The smallest absolute Gasteiger partial charge is 0.125 e. The second-order valence-electron chi connectivity index (χ2n) is 4.19. The summed E-state index contributed by atoms with van der Waals surface area (Å²) in [5, 5.41) is 0. The van der Waals surface area contributed by atoms with Crippen molar-refractivity contribution in [3.8, 4) is 0 Å². The Morgan fingerprint density at radius 1 is 1.39 bits per heavy atom.